The molecule has 0 saturated heterocycles. The molecule has 2 N–H and O–H groups in total. The second-order valence-electron chi connectivity index (χ2n) is 3.26. The average molecular weight is 224 g/mol. The van der Waals surface area contributed by atoms with Gasteiger partial charge in [0.15, 0.2) is 0 Å². The SMILES string of the molecule is C=CCC(=CC[C@H](O)[C@@H](C)O)C(F)(F)F. The van der Waals surface area contributed by atoms with Gasteiger partial charge in [0, 0.05) is 5.57 Å². The zero-order valence-electron chi connectivity index (χ0n) is 8.46. The number of hydrogen-bond donors (Lipinski definition) is 2. The molecule has 0 bridgehead atoms. The van der Waals surface area contributed by atoms with E-state index in [1.165, 1.54) is 6.92 Å². The molecule has 88 valence electrons. The molecule has 0 heterocycles. The fourth-order valence-electron chi connectivity index (χ4n) is 0.930. The van der Waals surface area contributed by atoms with Gasteiger partial charge in [0.25, 0.3) is 0 Å². The summed E-state index contributed by atoms with van der Waals surface area (Å²) in [6.07, 6.45) is -5.11. The molecule has 0 aromatic rings. The summed E-state index contributed by atoms with van der Waals surface area (Å²) in [6, 6.07) is 0. The van der Waals surface area contributed by atoms with Crippen LogP contribution in [0.2, 0.25) is 0 Å². The fourth-order valence-corrected chi connectivity index (χ4v) is 0.930. The van der Waals surface area contributed by atoms with Gasteiger partial charge >= 0.3 is 6.18 Å². The van der Waals surface area contributed by atoms with Crippen molar-refractivity contribution in [3.05, 3.63) is 24.3 Å². The maximum Gasteiger partial charge on any atom is 0.412 e. The molecule has 2 atom stereocenters. The maximum absolute atomic E-state index is 12.3. The summed E-state index contributed by atoms with van der Waals surface area (Å²) in [7, 11) is 0. The van der Waals surface area contributed by atoms with Crippen LogP contribution in [0.15, 0.2) is 24.3 Å². The molecule has 0 radical (unpaired) electrons. The summed E-state index contributed by atoms with van der Waals surface area (Å²) in [5.41, 5.74) is -0.753. The minimum Gasteiger partial charge on any atom is -0.391 e. The zero-order chi connectivity index (χ0) is 12.1. The Morgan fingerprint density at radius 3 is 2.27 bits per heavy atom. The Morgan fingerprint density at radius 1 is 1.40 bits per heavy atom. The number of aliphatic hydroxyl groups excluding tert-OH is 2. The highest BCUT2D eigenvalue weighted by molar-refractivity contribution is 5.12. The van der Waals surface area contributed by atoms with Crippen molar-refractivity contribution in [2.45, 2.75) is 38.1 Å². The number of hydrogen-bond acceptors (Lipinski definition) is 2. The van der Waals surface area contributed by atoms with Crippen molar-refractivity contribution in [2.24, 2.45) is 0 Å². The van der Waals surface area contributed by atoms with E-state index in [0.29, 0.717) is 0 Å². The number of alkyl halides is 3. The van der Waals surface area contributed by atoms with Gasteiger partial charge < -0.3 is 10.2 Å². The summed E-state index contributed by atoms with van der Waals surface area (Å²) in [5, 5.41) is 18.0. The van der Waals surface area contributed by atoms with Crippen LogP contribution < -0.4 is 0 Å². The monoisotopic (exact) mass is 224 g/mol. The molecule has 0 aliphatic heterocycles. The van der Waals surface area contributed by atoms with Gasteiger partial charge in [0.1, 0.15) is 0 Å². The molecule has 0 saturated carbocycles. The van der Waals surface area contributed by atoms with Crippen molar-refractivity contribution >= 4 is 0 Å². The number of rotatable bonds is 5. The van der Waals surface area contributed by atoms with E-state index in [0.717, 1.165) is 12.2 Å². The molecule has 0 unspecified atom stereocenters. The van der Waals surface area contributed by atoms with Crippen LogP contribution in [0.25, 0.3) is 0 Å². The van der Waals surface area contributed by atoms with Gasteiger partial charge in [0.2, 0.25) is 0 Å². The predicted molar refractivity (Wildman–Crippen MR) is 51.3 cm³/mol. The molecule has 0 aromatic carbocycles. The summed E-state index contributed by atoms with van der Waals surface area (Å²) >= 11 is 0. The third-order valence-electron chi connectivity index (χ3n) is 1.89. The highest BCUT2D eigenvalue weighted by Gasteiger charge is 2.32. The summed E-state index contributed by atoms with van der Waals surface area (Å²) in [4.78, 5) is 0. The summed E-state index contributed by atoms with van der Waals surface area (Å²) < 4.78 is 36.9. The number of aliphatic hydroxyl groups is 2. The van der Waals surface area contributed by atoms with Gasteiger partial charge in [-0.1, -0.05) is 12.2 Å². The van der Waals surface area contributed by atoms with Gasteiger partial charge in [-0.25, -0.2) is 0 Å². The first-order chi connectivity index (χ1) is 6.79. The largest absolute Gasteiger partial charge is 0.412 e. The summed E-state index contributed by atoms with van der Waals surface area (Å²) in [6.45, 7) is 4.54. The first-order valence-electron chi connectivity index (χ1n) is 4.52. The van der Waals surface area contributed by atoms with E-state index in [2.05, 4.69) is 6.58 Å². The molecule has 5 heteroatoms. The first kappa shape index (κ1) is 14.2. The average Bonchev–Trinajstić information content (AvgIpc) is 2.09. The minimum absolute atomic E-state index is 0.222. The number of halogens is 3. The lowest BCUT2D eigenvalue weighted by molar-refractivity contribution is -0.0934. The van der Waals surface area contributed by atoms with Gasteiger partial charge in [-0.3, -0.25) is 0 Å². The van der Waals surface area contributed by atoms with E-state index < -0.39 is 24.0 Å². The Balaban J connectivity index is 4.50. The molecule has 0 aliphatic carbocycles. The Hall–Kier alpha value is -0.810. The second kappa shape index (κ2) is 5.92. The predicted octanol–water partition coefficient (Wildman–Crippen LogP) is 2.18. The minimum atomic E-state index is -4.41. The van der Waals surface area contributed by atoms with Crippen molar-refractivity contribution < 1.29 is 23.4 Å². The maximum atomic E-state index is 12.3. The van der Waals surface area contributed by atoms with Gasteiger partial charge in [0.05, 0.1) is 12.2 Å². The molecule has 15 heavy (non-hydrogen) atoms. The quantitative estimate of drug-likeness (QED) is 0.703. The van der Waals surface area contributed by atoms with Crippen LogP contribution >= 0.6 is 0 Å². The molecule has 0 aliphatic rings. The smallest absolute Gasteiger partial charge is 0.391 e. The van der Waals surface area contributed by atoms with Crippen LogP contribution in [-0.2, 0) is 0 Å². The van der Waals surface area contributed by atoms with Crippen LogP contribution in [0.1, 0.15) is 19.8 Å². The van der Waals surface area contributed by atoms with Crippen LogP contribution in [0, 0.1) is 0 Å². The molecule has 0 amide bonds. The Morgan fingerprint density at radius 2 is 1.93 bits per heavy atom. The molecule has 0 rings (SSSR count). The van der Waals surface area contributed by atoms with Crippen LogP contribution in [0.3, 0.4) is 0 Å². The lowest BCUT2D eigenvalue weighted by Gasteiger charge is -2.13. The summed E-state index contributed by atoms with van der Waals surface area (Å²) in [5.74, 6) is 0. The van der Waals surface area contributed by atoms with Crippen molar-refractivity contribution in [3.63, 3.8) is 0 Å². The van der Waals surface area contributed by atoms with Gasteiger partial charge in [-0.15, -0.1) is 6.58 Å². The highest BCUT2D eigenvalue weighted by atomic mass is 19.4. The third kappa shape index (κ3) is 5.59. The molecular weight excluding hydrogens is 209 g/mol. The van der Waals surface area contributed by atoms with Gasteiger partial charge in [-0.2, -0.15) is 13.2 Å². The molecule has 2 nitrogen and oxygen atoms in total. The van der Waals surface area contributed by atoms with E-state index in [4.69, 9.17) is 10.2 Å². The fraction of sp³-hybridized carbons (Fsp3) is 0.600. The van der Waals surface area contributed by atoms with E-state index in [-0.39, 0.29) is 12.8 Å². The lowest BCUT2D eigenvalue weighted by atomic mass is 10.1. The Labute approximate surface area is 86.7 Å². The van der Waals surface area contributed by atoms with Crippen LogP contribution in [-0.4, -0.2) is 28.6 Å². The Bertz CT molecular complexity index is 231. The lowest BCUT2D eigenvalue weighted by Crippen LogP contribution is -2.22. The van der Waals surface area contributed by atoms with Crippen LogP contribution in [0.5, 0.6) is 0 Å². The normalized spacial score (nSPS) is 17.3. The van der Waals surface area contributed by atoms with E-state index in [1.54, 1.807) is 0 Å². The zero-order valence-corrected chi connectivity index (χ0v) is 8.46. The second-order valence-corrected chi connectivity index (χ2v) is 3.26. The third-order valence-corrected chi connectivity index (χ3v) is 1.89. The molecule has 0 spiro atoms. The highest BCUT2D eigenvalue weighted by Crippen LogP contribution is 2.28. The van der Waals surface area contributed by atoms with E-state index in [9.17, 15) is 13.2 Å². The molecule has 0 fully saturated rings. The molecule has 0 aromatic heterocycles. The van der Waals surface area contributed by atoms with Gasteiger partial charge in [-0.05, 0) is 19.8 Å². The van der Waals surface area contributed by atoms with Crippen molar-refractivity contribution in [1.29, 1.82) is 0 Å². The molecular formula is C10H15F3O2. The van der Waals surface area contributed by atoms with Crippen molar-refractivity contribution in [2.75, 3.05) is 0 Å². The number of allylic oxidation sites excluding steroid dienone is 2. The standard InChI is InChI=1S/C10H15F3O2/c1-3-4-8(10(11,12)13)5-6-9(15)7(2)14/h3,5,7,9,14-15H,1,4,6H2,2H3/t7-,9+/m1/s1. The van der Waals surface area contributed by atoms with Crippen LogP contribution in [0.4, 0.5) is 13.2 Å². The van der Waals surface area contributed by atoms with Crippen molar-refractivity contribution in [1.82, 2.24) is 0 Å². The van der Waals surface area contributed by atoms with Crippen molar-refractivity contribution in [3.8, 4) is 0 Å². The Kier molecular flexibility index (Phi) is 5.60. The van der Waals surface area contributed by atoms with E-state index in [1.807, 2.05) is 0 Å². The van der Waals surface area contributed by atoms with E-state index >= 15 is 0 Å². The topological polar surface area (TPSA) is 40.5 Å². The first-order valence-corrected chi connectivity index (χ1v) is 4.52.